The molecule has 1 aromatic heterocycles. The van der Waals surface area contributed by atoms with Crippen LogP contribution in [0.3, 0.4) is 0 Å². The molecule has 222 valence electrons. The first kappa shape index (κ1) is 28.4. The molecule has 1 amide bonds. The summed E-state index contributed by atoms with van der Waals surface area (Å²) in [6.45, 7) is 3.54. The van der Waals surface area contributed by atoms with E-state index in [0.29, 0.717) is 18.5 Å². The van der Waals surface area contributed by atoms with Crippen molar-refractivity contribution in [2.45, 2.75) is 75.5 Å². The molecule has 2 fully saturated rings. The Morgan fingerprint density at radius 2 is 1.74 bits per heavy atom. The number of sulfonamides is 1. The Hall–Kier alpha value is -3.67. The number of amides is 1. The maximum Gasteiger partial charge on any atom is 0.389 e. The number of aryl methyl sites for hydroxylation is 2. The van der Waals surface area contributed by atoms with E-state index in [-0.39, 0.29) is 46.8 Å². The van der Waals surface area contributed by atoms with Crippen LogP contribution in [0.5, 0.6) is 5.88 Å². The molecule has 3 aromatic rings. The van der Waals surface area contributed by atoms with E-state index >= 15 is 0 Å². The minimum Gasteiger partial charge on any atom is -0.475 e. The summed E-state index contributed by atoms with van der Waals surface area (Å²) < 4.78 is 75.7. The number of hydrogen-bond donors (Lipinski definition) is 1. The van der Waals surface area contributed by atoms with Crippen LogP contribution in [0.15, 0.2) is 53.4 Å². The van der Waals surface area contributed by atoms with E-state index in [2.05, 4.69) is 14.7 Å². The van der Waals surface area contributed by atoms with Gasteiger partial charge in [0.15, 0.2) is 0 Å². The van der Waals surface area contributed by atoms with Gasteiger partial charge >= 0.3 is 6.18 Å². The fourth-order valence-electron chi connectivity index (χ4n) is 6.18. The summed E-state index contributed by atoms with van der Waals surface area (Å²) in [6, 6.07) is 11.6. The molecule has 2 aromatic carbocycles. The predicted octanol–water partition coefficient (Wildman–Crippen LogP) is 6.05. The van der Waals surface area contributed by atoms with Gasteiger partial charge in [0, 0.05) is 29.7 Å². The van der Waals surface area contributed by atoms with Crippen molar-refractivity contribution < 1.29 is 31.1 Å². The molecule has 1 aliphatic heterocycles. The molecule has 2 aliphatic carbocycles. The fraction of sp³-hybridized carbons (Fsp3) is 0.433. The highest BCUT2D eigenvalue weighted by molar-refractivity contribution is 7.92. The fourth-order valence-corrected chi connectivity index (χ4v) is 7.17. The Morgan fingerprint density at radius 1 is 1.05 bits per heavy atom. The second-order valence-electron chi connectivity index (χ2n) is 11.7. The zero-order valence-corrected chi connectivity index (χ0v) is 24.1. The van der Waals surface area contributed by atoms with Crippen LogP contribution < -0.4 is 9.46 Å². The highest BCUT2D eigenvalue weighted by Crippen LogP contribution is 2.62. The maximum absolute atomic E-state index is 14.0. The van der Waals surface area contributed by atoms with Crippen molar-refractivity contribution in [2.75, 3.05) is 11.3 Å². The number of nitrogens with zero attached hydrogens (tertiary/aromatic N) is 3. The van der Waals surface area contributed by atoms with Gasteiger partial charge in [0.1, 0.15) is 6.61 Å². The lowest BCUT2D eigenvalue weighted by Crippen LogP contribution is -2.55. The molecule has 2 heterocycles. The number of ether oxygens (including phenoxy) is 1. The Balaban J connectivity index is 1.47. The molecule has 42 heavy (non-hydrogen) atoms. The number of nitrogens with one attached hydrogen (secondary N) is 1. The van der Waals surface area contributed by atoms with E-state index in [9.17, 15) is 26.4 Å². The molecule has 1 unspecified atom stereocenters. The molecule has 1 spiro atoms. The molecule has 0 radical (unpaired) electrons. The van der Waals surface area contributed by atoms with Crippen LogP contribution in [-0.4, -0.2) is 54.1 Å². The average molecular weight is 601 g/mol. The Kier molecular flexibility index (Phi) is 6.94. The summed E-state index contributed by atoms with van der Waals surface area (Å²) in [4.78, 5) is 24.0. The van der Waals surface area contributed by atoms with Crippen molar-refractivity contribution in [1.82, 2.24) is 14.9 Å². The smallest absolute Gasteiger partial charge is 0.389 e. The van der Waals surface area contributed by atoms with E-state index in [1.165, 1.54) is 29.2 Å². The van der Waals surface area contributed by atoms with E-state index < -0.39 is 34.6 Å². The summed E-state index contributed by atoms with van der Waals surface area (Å²) in [5.74, 6) is -0.779. The lowest BCUT2D eigenvalue weighted by molar-refractivity contribution is -0.139. The third-order valence-corrected chi connectivity index (χ3v) is 9.88. The molecule has 6 rings (SSSR count). The number of benzene rings is 2. The van der Waals surface area contributed by atoms with Crippen LogP contribution in [-0.2, 0) is 10.0 Å². The van der Waals surface area contributed by atoms with Crippen LogP contribution in [0.25, 0.3) is 11.3 Å². The molecule has 12 heteroatoms. The zero-order chi connectivity index (χ0) is 29.9. The minimum absolute atomic E-state index is 0.0111. The Labute approximate surface area is 242 Å². The predicted molar refractivity (Wildman–Crippen MR) is 150 cm³/mol. The summed E-state index contributed by atoms with van der Waals surface area (Å²) in [6.07, 6.45) is -2.40. The van der Waals surface area contributed by atoms with Crippen molar-refractivity contribution in [2.24, 2.45) is 5.41 Å². The van der Waals surface area contributed by atoms with Crippen LogP contribution in [0.4, 0.5) is 19.1 Å². The molecule has 8 nitrogen and oxygen atoms in total. The van der Waals surface area contributed by atoms with Gasteiger partial charge in [-0.15, -0.1) is 0 Å². The monoisotopic (exact) mass is 600 g/mol. The van der Waals surface area contributed by atoms with Crippen LogP contribution >= 0.6 is 0 Å². The highest BCUT2D eigenvalue weighted by atomic mass is 32.2. The second kappa shape index (κ2) is 10.3. The summed E-state index contributed by atoms with van der Waals surface area (Å²) in [5.41, 5.74) is 3.17. The first-order valence-electron chi connectivity index (χ1n) is 13.9. The van der Waals surface area contributed by atoms with Crippen molar-refractivity contribution in [1.29, 1.82) is 0 Å². The van der Waals surface area contributed by atoms with Gasteiger partial charge in [0.25, 0.3) is 15.9 Å². The molecule has 4 bridgehead atoms. The van der Waals surface area contributed by atoms with E-state index in [1.807, 2.05) is 32.0 Å². The lowest BCUT2D eigenvalue weighted by atomic mass is 9.75. The van der Waals surface area contributed by atoms with Gasteiger partial charge in [0.05, 0.1) is 16.6 Å². The Morgan fingerprint density at radius 3 is 2.40 bits per heavy atom. The summed E-state index contributed by atoms with van der Waals surface area (Å²) in [5, 5.41) is 0. The number of alkyl halides is 3. The first-order chi connectivity index (χ1) is 19.8. The molecular formula is C30H31F3N4O4S. The number of anilines is 1. The van der Waals surface area contributed by atoms with E-state index in [1.54, 1.807) is 6.07 Å². The van der Waals surface area contributed by atoms with Crippen molar-refractivity contribution in [3.63, 3.8) is 0 Å². The number of carbonyl (C=O) groups is 1. The number of fused-ring (bicyclic) bond motifs is 4. The average Bonchev–Trinajstić information content (AvgIpc) is 3.70. The number of aromatic nitrogens is 2. The summed E-state index contributed by atoms with van der Waals surface area (Å²) >= 11 is 0. The zero-order valence-electron chi connectivity index (χ0n) is 23.2. The third-order valence-electron chi connectivity index (χ3n) is 8.56. The van der Waals surface area contributed by atoms with Gasteiger partial charge in [-0.2, -0.15) is 18.2 Å². The molecule has 3 aliphatic rings. The maximum atomic E-state index is 14.0. The molecule has 2 saturated carbocycles. The van der Waals surface area contributed by atoms with Gasteiger partial charge in [0.2, 0.25) is 11.8 Å². The van der Waals surface area contributed by atoms with Gasteiger partial charge < -0.3 is 9.64 Å². The van der Waals surface area contributed by atoms with Crippen LogP contribution in [0.2, 0.25) is 0 Å². The summed E-state index contributed by atoms with van der Waals surface area (Å²) in [7, 11) is -4.23. The Bertz CT molecular complexity index is 1630. The van der Waals surface area contributed by atoms with Crippen molar-refractivity contribution in [3.05, 3.63) is 65.2 Å². The number of rotatable bonds is 4. The van der Waals surface area contributed by atoms with Gasteiger partial charge in [-0.25, -0.2) is 18.1 Å². The van der Waals surface area contributed by atoms with Crippen molar-refractivity contribution >= 4 is 21.9 Å². The van der Waals surface area contributed by atoms with E-state index in [4.69, 9.17) is 4.74 Å². The number of carbonyl (C=O) groups excluding carboxylic acids is 1. The molecular weight excluding hydrogens is 569 g/mol. The van der Waals surface area contributed by atoms with Gasteiger partial charge in [-0.3, -0.25) is 4.79 Å². The van der Waals surface area contributed by atoms with Crippen LogP contribution in [0.1, 0.15) is 60.0 Å². The number of hydrogen-bond acceptors (Lipinski definition) is 6. The second-order valence-corrected chi connectivity index (χ2v) is 13.4. The molecule has 1 atom stereocenters. The standard InChI is InChI=1S/C30H31F3N4O4S/c1-18-5-3-6-19(2)26(18)24-14-25-35-28(34-24)36-42(39,40)23-8-4-7-20(13-23)27(38)37(22-15-29(16-22)11-12-29)21(17-41-25)9-10-30(31,32)33/h3-8,13-14,21-22H,9-12,15-17H2,1-2H3,(H,34,35,36). The quantitative estimate of drug-likeness (QED) is 0.391. The van der Waals surface area contributed by atoms with Crippen molar-refractivity contribution in [3.8, 4) is 17.1 Å². The third kappa shape index (κ3) is 5.68. The van der Waals surface area contributed by atoms with E-state index in [0.717, 1.165) is 29.5 Å². The number of halogens is 3. The molecule has 0 saturated heterocycles. The lowest BCUT2D eigenvalue weighted by Gasteiger charge is -2.47. The topological polar surface area (TPSA) is 101 Å². The highest BCUT2D eigenvalue weighted by Gasteiger charge is 2.56. The minimum atomic E-state index is -4.43. The largest absolute Gasteiger partial charge is 0.475 e. The van der Waals surface area contributed by atoms with Gasteiger partial charge in [-0.05, 0) is 80.7 Å². The molecule has 1 N–H and O–H groups in total. The first-order valence-corrected chi connectivity index (χ1v) is 15.4. The van der Waals surface area contributed by atoms with Gasteiger partial charge in [-0.1, -0.05) is 24.3 Å². The normalized spacial score (nSPS) is 21.3. The van der Waals surface area contributed by atoms with Crippen LogP contribution in [0, 0.1) is 19.3 Å². The SMILES string of the molecule is Cc1cccc(C)c1-c1cc2nc(n1)NS(=O)(=O)c1cccc(c1)C(=O)N(C1CC3(CC3)C1)C(CCC(F)(F)F)CO2.